The molecule has 0 saturated carbocycles. The van der Waals surface area contributed by atoms with Crippen LogP contribution in [-0.2, 0) is 11.2 Å². The standard InChI is InChI=1S/C19H22N4O3/c1-26-13-9-7-12(8-10-13)18-17-14(4-2-5-15(17)25)20-19-21-16(6-3-11-24)22-23(18)19/h7-10,18,24H,2-6,11H2,1H3,(H,20,21,22). The Balaban J connectivity index is 1.80. The summed E-state index contributed by atoms with van der Waals surface area (Å²) in [7, 11) is 1.63. The molecule has 1 atom stereocenters. The van der Waals surface area contributed by atoms with E-state index < -0.39 is 0 Å². The van der Waals surface area contributed by atoms with Gasteiger partial charge in [0.15, 0.2) is 11.6 Å². The fraction of sp³-hybridized carbons (Fsp3) is 0.421. The van der Waals surface area contributed by atoms with Crippen molar-refractivity contribution in [2.24, 2.45) is 0 Å². The Kier molecular flexibility index (Phi) is 4.46. The van der Waals surface area contributed by atoms with Gasteiger partial charge in [-0.15, -0.1) is 0 Å². The Hall–Kier alpha value is -2.67. The molecule has 0 amide bonds. The maximum atomic E-state index is 12.7. The first kappa shape index (κ1) is 16.8. The molecule has 0 saturated heterocycles. The Morgan fingerprint density at radius 2 is 2.12 bits per heavy atom. The van der Waals surface area contributed by atoms with Gasteiger partial charge in [-0.1, -0.05) is 12.1 Å². The van der Waals surface area contributed by atoms with E-state index in [1.165, 1.54) is 0 Å². The smallest absolute Gasteiger partial charge is 0.226 e. The summed E-state index contributed by atoms with van der Waals surface area (Å²) in [4.78, 5) is 17.3. The largest absolute Gasteiger partial charge is 0.497 e. The van der Waals surface area contributed by atoms with Gasteiger partial charge >= 0.3 is 0 Å². The summed E-state index contributed by atoms with van der Waals surface area (Å²) in [5.74, 6) is 2.27. The molecule has 2 aromatic rings. The molecule has 136 valence electrons. The number of carbonyl (C=O) groups excluding carboxylic acids is 1. The van der Waals surface area contributed by atoms with E-state index in [9.17, 15) is 4.79 Å². The molecule has 0 fully saturated rings. The van der Waals surface area contributed by atoms with Gasteiger partial charge < -0.3 is 15.2 Å². The molecule has 7 heteroatoms. The highest BCUT2D eigenvalue weighted by Crippen LogP contribution is 2.40. The number of methoxy groups -OCH3 is 1. The third-order valence-corrected chi connectivity index (χ3v) is 4.90. The molecule has 1 unspecified atom stereocenters. The summed E-state index contributed by atoms with van der Waals surface area (Å²) in [5, 5.41) is 17.0. The maximum Gasteiger partial charge on any atom is 0.226 e. The van der Waals surface area contributed by atoms with E-state index in [1.54, 1.807) is 11.8 Å². The number of aliphatic hydroxyl groups excluding tert-OH is 1. The lowest BCUT2D eigenvalue weighted by Gasteiger charge is -2.32. The SMILES string of the molecule is COc1ccc(C2C3=C(CCCC3=O)Nc3nc(CCCO)nn32)cc1. The molecule has 7 nitrogen and oxygen atoms in total. The number of ether oxygens (including phenoxy) is 1. The van der Waals surface area contributed by atoms with Gasteiger partial charge in [0.1, 0.15) is 11.8 Å². The average Bonchev–Trinajstić information content (AvgIpc) is 3.07. The Bertz CT molecular complexity index is 854. The fourth-order valence-corrected chi connectivity index (χ4v) is 3.64. The third kappa shape index (κ3) is 2.88. The number of ketones is 1. The van der Waals surface area contributed by atoms with Gasteiger partial charge in [-0.25, -0.2) is 4.68 Å². The van der Waals surface area contributed by atoms with Crippen LogP contribution in [0, 0.1) is 0 Å². The number of carbonyl (C=O) groups is 1. The first-order valence-corrected chi connectivity index (χ1v) is 8.94. The van der Waals surface area contributed by atoms with Crippen molar-refractivity contribution in [2.45, 2.75) is 38.1 Å². The number of hydrogen-bond acceptors (Lipinski definition) is 6. The van der Waals surface area contributed by atoms with Gasteiger partial charge in [0.25, 0.3) is 0 Å². The Labute approximate surface area is 151 Å². The monoisotopic (exact) mass is 354 g/mol. The minimum atomic E-state index is -0.282. The second kappa shape index (κ2) is 6.92. The van der Waals surface area contributed by atoms with Crippen LogP contribution >= 0.6 is 0 Å². The number of Topliss-reactive ketones (excluding diaryl/α,β-unsaturated/α-hetero) is 1. The van der Waals surface area contributed by atoms with E-state index in [2.05, 4.69) is 15.4 Å². The topological polar surface area (TPSA) is 89.3 Å². The van der Waals surface area contributed by atoms with E-state index >= 15 is 0 Å². The van der Waals surface area contributed by atoms with Crippen molar-refractivity contribution in [1.29, 1.82) is 0 Å². The summed E-state index contributed by atoms with van der Waals surface area (Å²) in [6.45, 7) is 0.104. The van der Waals surface area contributed by atoms with Crippen LogP contribution in [0.25, 0.3) is 0 Å². The Morgan fingerprint density at radius 1 is 1.31 bits per heavy atom. The molecule has 0 radical (unpaired) electrons. The number of nitrogens with zero attached hydrogens (tertiary/aromatic N) is 3. The van der Waals surface area contributed by atoms with Crippen LogP contribution in [0.5, 0.6) is 5.75 Å². The normalized spacial score (nSPS) is 19.0. The molecular formula is C19H22N4O3. The van der Waals surface area contributed by atoms with Crippen LogP contribution in [-0.4, -0.2) is 39.4 Å². The van der Waals surface area contributed by atoms with Crippen LogP contribution < -0.4 is 10.1 Å². The number of aromatic nitrogens is 3. The zero-order valence-corrected chi connectivity index (χ0v) is 14.7. The highest BCUT2D eigenvalue weighted by Gasteiger charge is 2.36. The zero-order chi connectivity index (χ0) is 18.1. The Morgan fingerprint density at radius 3 is 2.85 bits per heavy atom. The molecule has 1 aromatic carbocycles. The number of aryl methyl sites for hydroxylation is 1. The van der Waals surface area contributed by atoms with Gasteiger partial charge in [0.2, 0.25) is 5.95 Å². The van der Waals surface area contributed by atoms with E-state index in [1.807, 2.05) is 24.3 Å². The molecule has 0 spiro atoms. The van der Waals surface area contributed by atoms with Crippen LogP contribution in [0.2, 0.25) is 0 Å². The molecule has 26 heavy (non-hydrogen) atoms. The average molecular weight is 354 g/mol. The van der Waals surface area contributed by atoms with Crippen molar-refractivity contribution >= 4 is 11.7 Å². The number of nitrogens with one attached hydrogen (secondary N) is 1. The molecule has 0 bridgehead atoms. The van der Waals surface area contributed by atoms with Crippen molar-refractivity contribution in [3.63, 3.8) is 0 Å². The second-order valence-corrected chi connectivity index (χ2v) is 6.59. The lowest BCUT2D eigenvalue weighted by molar-refractivity contribution is -0.116. The minimum absolute atomic E-state index is 0.104. The second-order valence-electron chi connectivity index (χ2n) is 6.59. The van der Waals surface area contributed by atoms with Gasteiger partial charge in [-0.3, -0.25) is 4.79 Å². The fourth-order valence-electron chi connectivity index (χ4n) is 3.64. The molecule has 2 heterocycles. The summed E-state index contributed by atoms with van der Waals surface area (Å²) in [5.41, 5.74) is 2.72. The van der Waals surface area contributed by atoms with Gasteiger partial charge in [0, 0.05) is 30.7 Å². The highest BCUT2D eigenvalue weighted by atomic mass is 16.5. The highest BCUT2D eigenvalue weighted by molar-refractivity contribution is 5.99. The van der Waals surface area contributed by atoms with E-state index in [-0.39, 0.29) is 18.4 Å². The summed E-state index contributed by atoms with van der Waals surface area (Å²) in [6, 6.07) is 7.46. The first-order valence-electron chi connectivity index (χ1n) is 8.94. The number of anilines is 1. The van der Waals surface area contributed by atoms with E-state index in [0.29, 0.717) is 31.0 Å². The molecule has 2 aliphatic rings. The quantitative estimate of drug-likeness (QED) is 0.856. The van der Waals surface area contributed by atoms with E-state index in [4.69, 9.17) is 9.84 Å². The zero-order valence-electron chi connectivity index (χ0n) is 14.7. The lowest BCUT2D eigenvalue weighted by Crippen LogP contribution is -2.31. The number of fused-ring (bicyclic) bond motifs is 1. The van der Waals surface area contributed by atoms with E-state index in [0.717, 1.165) is 35.4 Å². The summed E-state index contributed by atoms with van der Waals surface area (Å²) >= 11 is 0. The van der Waals surface area contributed by atoms with Gasteiger partial charge in [0.05, 0.1) is 7.11 Å². The third-order valence-electron chi connectivity index (χ3n) is 4.90. The minimum Gasteiger partial charge on any atom is -0.497 e. The number of aliphatic hydroxyl groups is 1. The van der Waals surface area contributed by atoms with Crippen molar-refractivity contribution in [3.8, 4) is 5.75 Å². The number of hydrogen-bond donors (Lipinski definition) is 2. The van der Waals surface area contributed by atoms with Crippen molar-refractivity contribution in [2.75, 3.05) is 19.0 Å². The summed E-state index contributed by atoms with van der Waals surface area (Å²) < 4.78 is 7.05. The van der Waals surface area contributed by atoms with Crippen molar-refractivity contribution in [3.05, 3.63) is 46.9 Å². The first-order chi connectivity index (χ1) is 12.7. The predicted molar refractivity (Wildman–Crippen MR) is 96.1 cm³/mol. The number of benzene rings is 1. The molecular weight excluding hydrogens is 332 g/mol. The van der Waals surface area contributed by atoms with Gasteiger partial charge in [-0.2, -0.15) is 10.1 Å². The number of rotatable bonds is 5. The van der Waals surface area contributed by atoms with Crippen LogP contribution in [0.15, 0.2) is 35.5 Å². The molecule has 1 aliphatic carbocycles. The molecule has 1 aliphatic heterocycles. The van der Waals surface area contributed by atoms with Crippen LogP contribution in [0.4, 0.5) is 5.95 Å². The number of allylic oxidation sites excluding steroid dienone is 2. The molecule has 1 aromatic heterocycles. The summed E-state index contributed by atoms with van der Waals surface area (Å²) in [6.07, 6.45) is 3.47. The molecule has 2 N–H and O–H groups in total. The van der Waals surface area contributed by atoms with Crippen molar-refractivity contribution in [1.82, 2.24) is 14.8 Å². The molecule has 4 rings (SSSR count). The lowest BCUT2D eigenvalue weighted by atomic mass is 9.85. The van der Waals surface area contributed by atoms with Gasteiger partial charge in [-0.05, 0) is 37.0 Å². The van der Waals surface area contributed by atoms with Crippen LogP contribution in [0.3, 0.4) is 0 Å². The predicted octanol–water partition coefficient (Wildman–Crippen LogP) is 2.23. The van der Waals surface area contributed by atoms with Crippen molar-refractivity contribution < 1.29 is 14.6 Å². The maximum absolute atomic E-state index is 12.7. The van der Waals surface area contributed by atoms with Crippen LogP contribution in [0.1, 0.15) is 43.1 Å².